The van der Waals surface area contributed by atoms with Gasteiger partial charge in [-0.1, -0.05) is 18.2 Å². The van der Waals surface area contributed by atoms with E-state index in [4.69, 9.17) is 18.9 Å². The molecule has 3 aromatic carbocycles. The highest BCUT2D eigenvalue weighted by molar-refractivity contribution is 5.85. The summed E-state index contributed by atoms with van der Waals surface area (Å²) >= 11 is 0. The van der Waals surface area contributed by atoms with Gasteiger partial charge in [-0.2, -0.15) is 0 Å². The number of rotatable bonds is 9. The van der Waals surface area contributed by atoms with Gasteiger partial charge in [0, 0.05) is 38.4 Å². The minimum Gasteiger partial charge on any atom is -0.493 e. The van der Waals surface area contributed by atoms with Gasteiger partial charge in [-0.3, -0.25) is 0 Å². The second-order valence-electron chi connectivity index (χ2n) is 10.0. The fraction of sp³-hybridized carbons (Fsp3) is 0.300. The zero-order valence-corrected chi connectivity index (χ0v) is 22.2. The number of hydrogen-bond acceptors (Lipinski definition) is 7. The number of halogens is 1. The smallest absolute Gasteiger partial charge is 0.227 e. The van der Waals surface area contributed by atoms with E-state index in [9.17, 15) is 4.39 Å². The first-order chi connectivity index (χ1) is 19.0. The molecular weight excluding hydrogens is 497 g/mol. The fourth-order valence-corrected chi connectivity index (χ4v) is 5.19. The summed E-state index contributed by atoms with van der Waals surface area (Å²) in [4.78, 5) is 4.80. The first-order valence-corrected chi connectivity index (χ1v) is 13.0. The van der Waals surface area contributed by atoms with Gasteiger partial charge in [0.15, 0.2) is 17.2 Å². The Hall–Kier alpha value is -4.08. The number of nitrogens with zero attached hydrogens (tertiary/aromatic N) is 4. The Bertz CT molecular complexity index is 1630. The van der Waals surface area contributed by atoms with Crippen LogP contribution < -0.4 is 10.1 Å². The maximum Gasteiger partial charge on any atom is 0.227 e. The van der Waals surface area contributed by atoms with E-state index in [0.717, 1.165) is 47.2 Å². The van der Waals surface area contributed by atoms with Gasteiger partial charge in [0.05, 0.1) is 12.7 Å². The van der Waals surface area contributed by atoms with Crippen LogP contribution in [0.15, 0.2) is 65.3 Å². The third kappa shape index (κ3) is 4.79. The fourth-order valence-electron chi connectivity index (χ4n) is 5.19. The molecule has 0 radical (unpaired) electrons. The Morgan fingerprint density at radius 2 is 1.90 bits per heavy atom. The first-order valence-electron chi connectivity index (χ1n) is 13.0. The van der Waals surface area contributed by atoms with E-state index in [1.165, 1.54) is 18.6 Å². The van der Waals surface area contributed by atoms with Gasteiger partial charge in [0.2, 0.25) is 5.89 Å². The van der Waals surface area contributed by atoms with Crippen LogP contribution in [0.2, 0.25) is 0 Å². The zero-order chi connectivity index (χ0) is 27.0. The summed E-state index contributed by atoms with van der Waals surface area (Å²) in [5, 5.41) is 11.7. The summed E-state index contributed by atoms with van der Waals surface area (Å²) in [6.07, 6.45) is 4.98. The van der Waals surface area contributed by atoms with Gasteiger partial charge < -0.3 is 23.8 Å². The molecule has 2 aromatic heterocycles. The Morgan fingerprint density at radius 1 is 1.05 bits per heavy atom. The van der Waals surface area contributed by atoms with Crippen molar-refractivity contribution in [3.05, 3.63) is 72.3 Å². The highest BCUT2D eigenvalue weighted by atomic mass is 19.1. The number of aryl methyl sites for hydroxylation is 1. The van der Waals surface area contributed by atoms with Gasteiger partial charge in [0.1, 0.15) is 17.7 Å². The molecule has 0 amide bonds. The van der Waals surface area contributed by atoms with Crippen molar-refractivity contribution < 1.29 is 18.3 Å². The van der Waals surface area contributed by atoms with Crippen molar-refractivity contribution in [3.63, 3.8) is 0 Å². The van der Waals surface area contributed by atoms with Gasteiger partial charge >= 0.3 is 0 Å². The molecule has 1 saturated carbocycles. The maximum absolute atomic E-state index is 14.2. The molecule has 0 bridgehead atoms. The monoisotopic (exact) mass is 527 g/mol. The number of ether oxygens (including phenoxy) is 2. The number of methoxy groups -OCH3 is 2. The molecule has 1 aliphatic rings. The van der Waals surface area contributed by atoms with E-state index in [0.29, 0.717) is 35.2 Å². The highest BCUT2D eigenvalue weighted by Gasteiger charge is 2.36. The largest absolute Gasteiger partial charge is 0.493 e. The lowest BCUT2D eigenvalue weighted by Gasteiger charge is -2.40. The maximum atomic E-state index is 14.2. The minimum atomic E-state index is -0.339. The lowest BCUT2D eigenvalue weighted by molar-refractivity contribution is -0.0695. The molecule has 39 heavy (non-hydrogen) atoms. The number of benzene rings is 3. The van der Waals surface area contributed by atoms with Crippen molar-refractivity contribution in [2.24, 2.45) is 7.05 Å². The molecule has 0 saturated heterocycles. The zero-order valence-electron chi connectivity index (χ0n) is 22.2. The summed E-state index contributed by atoms with van der Waals surface area (Å²) in [6.45, 7) is 1.48. The summed E-state index contributed by atoms with van der Waals surface area (Å²) in [7, 11) is 5.25. The van der Waals surface area contributed by atoms with Crippen molar-refractivity contribution in [2.75, 3.05) is 20.8 Å². The predicted octanol–water partition coefficient (Wildman–Crippen LogP) is 5.76. The van der Waals surface area contributed by atoms with Crippen molar-refractivity contribution in [2.45, 2.75) is 31.4 Å². The molecule has 1 aliphatic carbocycles. The van der Waals surface area contributed by atoms with E-state index in [2.05, 4.69) is 15.5 Å². The molecule has 0 atom stereocenters. The molecule has 0 aliphatic heterocycles. The Morgan fingerprint density at radius 3 is 2.62 bits per heavy atom. The normalized spacial score (nSPS) is 14.5. The number of nitrogens with one attached hydrogen (secondary N) is 1. The quantitative estimate of drug-likeness (QED) is 0.261. The molecule has 1 N–H and O–H groups in total. The topological polar surface area (TPSA) is 87.2 Å². The number of oxazole rings is 1. The summed E-state index contributed by atoms with van der Waals surface area (Å²) < 4.78 is 33.6. The van der Waals surface area contributed by atoms with Crippen LogP contribution in [-0.4, -0.2) is 46.1 Å². The molecule has 8 nitrogen and oxygen atoms in total. The van der Waals surface area contributed by atoms with Gasteiger partial charge in [-0.15, -0.1) is 10.2 Å². The molecule has 1 fully saturated rings. The summed E-state index contributed by atoms with van der Waals surface area (Å²) in [5.41, 5.74) is 5.49. The lowest BCUT2D eigenvalue weighted by atomic mass is 9.80. The van der Waals surface area contributed by atoms with Crippen LogP contribution in [0.1, 0.15) is 24.8 Å². The first kappa shape index (κ1) is 25.2. The average molecular weight is 528 g/mol. The van der Waals surface area contributed by atoms with Crippen LogP contribution in [0, 0.1) is 5.82 Å². The lowest BCUT2D eigenvalue weighted by Crippen LogP contribution is -2.47. The Balaban J connectivity index is 1.32. The Kier molecular flexibility index (Phi) is 6.62. The van der Waals surface area contributed by atoms with E-state index < -0.39 is 0 Å². The van der Waals surface area contributed by atoms with Crippen LogP contribution in [0.5, 0.6) is 5.75 Å². The minimum absolute atomic E-state index is 0.0442. The van der Waals surface area contributed by atoms with Gasteiger partial charge in [-0.25, -0.2) is 9.37 Å². The van der Waals surface area contributed by atoms with E-state index in [-0.39, 0.29) is 11.4 Å². The van der Waals surface area contributed by atoms with E-state index >= 15 is 0 Å². The molecular formula is C30H30FN5O3. The van der Waals surface area contributed by atoms with Crippen LogP contribution in [0.25, 0.3) is 45.1 Å². The molecule has 200 valence electrons. The predicted molar refractivity (Wildman–Crippen MR) is 147 cm³/mol. The average Bonchev–Trinajstić information content (AvgIpc) is 3.56. The molecule has 5 aromatic rings. The second kappa shape index (κ2) is 10.2. The van der Waals surface area contributed by atoms with Crippen LogP contribution >= 0.6 is 0 Å². The molecule has 9 heteroatoms. The van der Waals surface area contributed by atoms with E-state index in [1.54, 1.807) is 31.2 Å². The Labute approximate surface area is 225 Å². The summed E-state index contributed by atoms with van der Waals surface area (Å²) in [6, 6.07) is 16.5. The van der Waals surface area contributed by atoms with Crippen LogP contribution in [0.3, 0.4) is 0 Å². The molecule has 0 spiro atoms. The molecule has 0 unspecified atom stereocenters. The van der Waals surface area contributed by atoms with Crippen molar-refractivity contribution in [3.8, 4) is 39.7 Å². The molecule has 6 rings (SSSR count). The van der Waals surface area contributed by atoms with Crippen molar-refractivity contribution >= 4 is 11.1 Å². The molecule has 2 heterocycles. The van der Waals surface area contributed by atoms with Crippen LogP contribution in [0.4, 0.5) is 4.39 Å². The van der Waals surface area contributed by atoms with Crippen LogP contribution in [-0.2, 0) is 18.3 Å². The van der Waals surface area contributed by atoms with Crippen molar-refractivity contribution in [1.29, 1.82) is 0 Å². The van der Waals surface area contributed by atoms with Crippen molar-refractivity contribution in [1.82, 2.24) is 25.1 Å². The highest BCUT2D eigenvalue weighted by Crippen LogP contribution is 2.37. The number of aromatic nitrogens is 4. The van der Waals surface area contributed by atoms with E-state index in [1.807, 2.05) is 43.4 Å². The SMILES string of the molecule is COc1cc(CNCC2(OC)CCC2)cc2nc(-c3cccc(-c4ccc(F)cc4-c4nncn4C)c3)oc12. The number of fused-ring (bicyclic) bond motifs is 1. The standard InChI is InChI=1S/C30H30FN5O3/c1-36-18-33-35-28(36)24-15-22(31)8-9-23(24)20-6-4-7-21(14-20)29-34-25-12-19(13-26(37-2)27(25)39-29)16-32-17-30(38-3)10-5-11-30/h4,6-9,12-15,18,32H,5,10-11,16-17H2,1-3H3. The number of hydrogen-bond donors (Lipinski definition) is 1. The second-order valence-corrected chi connectivity index (χ2v) is 10.0. The third-order valence-corrected chi connectivity index (χ3v) is 7.56. The van der Waals surface area contributed by atoms with Gasteiger partial charge in [0.25, 0.3) is 0 Å². The van der Waals surface area contributed by atoms with Gasteiger partial charge in [-0.05, 0) is 72.4 Å². The summed E-state index contributed by atoms with van der Waals surface area (Å²) in [5.74, 6) is 1.35. The third-order valence-electron chi connectivity index (χ3n) is 7.56.